The van der Waals surface area contributed by atoms with Crippen LogP contribution in [-0.2, 0) is 9.84 Å². The highest BCUT2D eigenvalue weighted by molar-refractivity contribution is 9.10. The molecule has 1 aromatic rings. The van der Waals surface area contributed by atoms with Crippen molar-refractivity contribution in [2.24, 2.45) is 0 Å². The molecular weight excluding hydrogens is 346 g/mol. The Kier molecular flexibility index (Phi) is 7.42. The van der Waals surface area contributed by atoms with Gasteiger partial charge in [-0.1, -0.05) is 22.0 Å². The molecule has 0 radical (unpaired) electrons. The Morgan fingerprint density at radius 2 is 2.16 bits per heavy atom. The van der Waals surface area contributed by atoms with Gasteiger partial charge in [0.25, 0.3) is 0 Å². The van der Waals surface area contributed by atoms with Gasteiger partial charge in [-0.3, -0.25) is 0 Å². The van der Waals surface area contributed by atoms with Crippen LogP contribution in [0.5, 0.6) is 0 Å². The first-order chi connectivity index (χ1) is 8.90. The SMILES string of the molecule is CNC(CCCS(C)(=O)=O)CSc1cccc(Br)c1. The van der Waals surface area contributed by atoms with Gasteiger partial charge in [-0.25, -0.2) is 8.42 Å². The summed E-state index contributed by atoms with van der Waals surface area (Å²) in [4.78, 5) is 1.22. The minimum atomic E-state index is -2.84. The lowest BCUT2D eigenvalue weighted by molar-refractivity contribution is 0.556. The van der Waals surface area contributed by atoms with E-state index in [1.807, 2.05) is 19.2 Å². The van der Waals surface area contributed by atoms with E-state index in [0.717, 1.165) is 16.6 Å². The van der Waals surface area contributed by atoms with Gasteiger partial charge in [0, 0.05) is 33.2 Å². The third-order valence-electron chi connectivity index (χ3n) is 2.72. The van der Waals surface area contributed by atoms with Crippen LogP contribution < -0.4 is 5.32 Å². The summed E-state index contributed by atoms with van der Waals surface area (Å²) in [6.45, 7) is 0. The van der Waals surface area contributed by atoms with Crippen LogP contribution in [0, 0.1) is 0 Å². The molecule has 0 bridgehead atoms. The molecule has 1 aromatic carbocycles. The van der Waals surface area contributed by atoms with E-state index in [-0.39, 0.29) is 5.75 Å². The van der Waals surface area contributed by atoms with Gasteiger partial charge in [0.1, 0.15) is 9.84 Å². The van der Waals surface area contributed by atoms with Crippen LogP contribution in [0.1, 0.15) is 12.8 Å². The normalized spacial score (nSPS) is 13.4. The van der Waals surface area contributed by atoms with E-state index in [9.17, 15) is 8.42 Å². The van der Waals surface area contributed by atoms with Crippen molar-refractivity contribution in [3.05, 3.63) is 28.7 Å². The van der Waals surface area contributed by atoms with E-state index in [2.05, 4.69) is 33.4 Å². The van der Waals surface area contributed by atoms with Crippen molar-refractivity contribution in [1.82, 2.24) is 5.32 Å². The first-order valence-corrected chi connectivity index (χ1v) is 9.98. The summed E-state index contributed by atoms with van der Waals surface area (Å²) >= 11 is 5.24. The standard InChI is InChI=1S/C13H20BrNO2S2/c1-15-12(6-4-8-19(2,16)17)10-18-13-7-3-5-11(14)9-13/h3,5,7,9,12,15H,4,6,8,10H2,1-2H3. The smallest absolute Gasteiger partial charge is 0.147 e. The molecule has 0 amide bonds. The Hall–Kier alpha value is -0.0400. The lowest BCUT2D eigenvalue weighted by Gasteiger charge is -2.15. The summed E-state index contributed by atoms with van der Waals surface area (Å²) in [5, 5.41) is 3.25. The van der Waals surface area contributed by atoms with E-state index < -0.39 is 9.84 Å². The number of thioether (sulfide) groups is 1. The summed E-state index contributed by atoms with van der Waals surface area (Å²) in [6.07, 6.45) is 2.88. The maximum Gasteiger partial charge on any atom is 0.147 e. The van der Waals surface area contributed by atoms with E-state index in [4.69, 9.17) is 0 Å². The van der Waals surface area contributed by atoms with Crippen molar-refractivity contribution >= 4 is 37.5 Å². The third-order valence-corrected chi connectivity index (χ3v) is 5.40. The Balaban J connectivity index is 2.36. The van der Waals surface area contributed by atoms with Gasteiger partial charge in [-0.05, 0) is 38.1 Å². The Bertz CT molecular complexity index is 491. The van der Waals surface area contributed by atoms with Crippen molar-refractivity contribution in [3.8, 4) is 0 Å². The molecular formula is C13H20BrNO2S2. The van der Waals surface area contributed by atoms with Crippen LogP contribution in [-0.4, -0.2) is 39.3 Å². The molecule has 0 aliphatic carbocycles. The number of sulfone groups is 1. The molecule has 1 unspecified atom stereocenters. The molecule has 1 rings (SSSR count). The molecule has 108 valence electrons. The number of rotatable bonds is 8. The number of halogens is 1. The molecule has 0 aliphatic heterocycles. The minimum Gasteiger partial charge on any atom is -0.316 e. The minimum absolute atomic E-state index is 0.271. The molecule has 1 atom stereocenters. The van der Waals surface area contributed by atoms with E-state index in [1.54, 1.807) is 11.8 Å². The van der Waals surface area contributed by atoms with Crippen LogP contribution >= 0.6 is 27.7 Å². The molecule has 0 fully saturated rings. The molecule has 0 saturated heterocycles. The van der Waals surface area contributed by atoms with Crippen LogP contribution in [0.2, 0.25) is 0 Å². The van der Waals surface area contributed by atoms with E-state index in [1.165, 1.54) is 11.2 Å². The monoisotopic (exact) mass is 365 g/mol. The van der Waals surface area contributed by atoms with Gasteiger partial charge in [0.05, 0.1) is 0 Å². The van der Waals surface area contributed by atoms with Crippen LogP contribution in [0.15, 0.2) is 33.6 Å². The fourth-order valence-electron chi connectivity index (χ4n) is 1.66. The van der Waals surface area contributed by atoms with Crippen molar-refractivity contribution in [2.75, 3.05) is 24.8 Å². The van der Waals surface area contributed by atoms with Crippen molar-refractivity contribution in [3.63, 3.8) is 0 Å². The molecule has 0 aliphatic rings. The summed E-state index contributed by atoms with van der Waals surface area (Å²) < 4.78 is 23.3. The second kappa shape index (κ2) is 8.29. The lowest BCUT2D eigenvalue weighted by Crippen LogP contribution is -2.28. The fraction of sp³-hybridized carbons (Fsp3) is 0.538. The Labute approximate surface area is 128 Å². The molecule has 6 heteroatoms. The van der Waals surface area contributed by atoms with E-state index in [0.29, 0.717) is 12.5 Å². The Morgan fingerprint density at radius 1 is 1.42 bits per heavy atom. The summed E-state index contributed by atoms with van der Waals surface area (Å²) in [7, 11) is -0.918. The molecule has 0 heterocycles. The molecule has 19 heavy (non-hydrogen) atoms. The third kappa shape index (κ3) is 7.97. The van der Waals surface area contributed by atoms with Gasteiger partial charge in [0.2, 0.25) is 0 Å². The molecule has 0 aromatic heterocycles. The number of nitrogens with one attached hydrogen (secondary N) is 1. The molecule has 0 spiro atoms. The Morgan fingerprint density at radius 3 is 2.74 bits per heavy atom. The number of hydrogen-bond donors (Lipinski definition) is 1. The second-order valence-corrected chi connectivity index (χ2v) is 8.79. The quantitative estimate of drug-likeness (QED) is 0.719. The maximum atomic E-state index is 11.1. The lowest BCUT2D eigenvalue weighted by atomic mass is 10.2. The van der Waals surface area contributed by atoms with Crippen molar-refractivity contribution < 1.29 is 8.42 Å². The zero-order valence-electron chi connectivity index (χ0n) is 11.2. The second-order valence-electron chi connectivity index (χ2n) is 4.53. The average Bonchev–Trinajstić information content (AvgIpc) is 2.32. The molecule has 3 nitrogen and oxygen atoms in total. The highest BCUT2D eigenvalue weighted by Crippen LogP contribution is 2.23. The molecule has 1 N–H and O–H groups in total. The fourth-order valence-corrected chi connectivity index (χ4v) is 4.01. The number of hydrogen-bond acceptors (Lipinski definition) is 4. The highest BCUT2D eigenvalue weighted by Gasteiger charge is 2.09. The average molecular weight is 366 g/mol. The largest absolute Gasteiger partial charge is 0.316 e. The predicted octanol–water partition coefficient (Wildman–Crippen LogP) is 2.95. The van der Waals surface area contributed by atoms with Gasteiger partial charge < -0.3 is 5.32 Å². The summed E-state index contributed by atoms with van der Waals surface area (Å²) in [6, 6.07) is 8.54. The van der Waals surface area contributed by atoms with Crippen LogP contribution in [0.25, 0.3) is 0 Å². The van der Waals surface area contributed by atoms with Crippen molar-refractivity contribution in [1.29, 1.82) is 0 Å². The van der Waals surface area contributed by atoms with Crippen LogP contribution in [0.4, 0.5) is 0 Å². The summed E-state index contributed by atoms with van der Waals surface area (Å²) in [5.74, 6) is 1.21. The number of benzene rings is 1. The van der Waals surface area contributed by atoms with Gasteiger partial charge in [-0.2, -0.15) is 0 Å². The predicted molar refractivity (Wildman–Crippen MR) is 86.7 cm³/mol. The van der Waals surface area contributed by atoms with Gasteiger partial charge in [0.15, 0.2) is 0 Å². The van der Waals surface area contributed by atoms with Gasteiger partial charge >= 0.3 is 0 Å². The zero-order valence-corrected chi connectivity index (χ0v) is 14.4. The van der Waals surface area contributed by atoms with Crippen LogP contribution in [0.3, 0.4) is 0 Å². The first kappa shape index (κ1) is 17.0. The maximum absolute atomic E-state index is 11.1. The highest BCUT2D eigenvalue weighted by atomic mass is 79.9. The molecule has 0 saturated carbocycles. The topological polar surface area (TPSA) is 46.2 Å². The first-order valence-electron chi connectivity index (χ1n) is 6.14. The van der Waals surface area contributed by atoms with Crippen molar-refractivity contribution in [2.45, 2.75) is 23.8 Å². The van der Waals surface area contributed by atoms with Gasteiger partial charge in [-0.15, -0.1) is 11.8 Å². The zero-order chi connectivity index (χ0) is 14.3. The van der Waals surface area contributed by atoms with E-state index >= 15 is 0 Å². The summed E-state index contributed by atoms with van der Waals surface area (Å²) in [5.41, 5.74) is 0.